The van der Waals surface area contributed by atoms with Gasteiger partial charge in [0.15, 0.2) is 0 Å². The summed E-state index contributed by atoms with van der Waals surface area (Å²) in [5.74, 6) is 0.199. The molecule has 0 saturated carbocycles. The van der Waals surface area contributed by atoms with Crippen molar-refractivity contribution in [3.8, 4) is 16.9 Å². The van der Waals surface area contributed by atoms with E-state index in [9.17, 15) is 9.90 Å². The van der Waals surface area contributed by atoms with Crippen molar-refractivity contribution in [2.24, 2.45) is 0 Å². The lowest BCUT2D eigenvalue weighted by Crippen LogP contribution is -2.04. The third kappa shape index (κ3) is 2.62. The number of aromatic hydroxyl groups is 1. The smallest absolute Gasteiger partial charge is 0.266 e. The summed E-state index contributed by atoms with van der Waals surface area (Å²) < 4.78 is 2.68. The highest BCUT2D eigenvalue weighted by atomic mass is 32.1. The number of thiophene rings is 1. The number of phenols is 1. The molecule has 6 heteroatoms. The van der Waals surface area contributed by atoms with E-state index < -0.39 is 0 Å². The fraction of sp³-hybridized carbons (Fsp3) is 0.0476. The third-order valence-electron chi connectivity index (χ3n) is 4.74. The maximum atomic E-state index is 12.3. The van der Waals surface area contributed by atoms with Crippen molar-refractivity contribution in [3.05, 3.63) is 82.5 Å². The maximum absolute atomic E-state index is 12.3. The Morgan fingerprint density at radius 1 is 1.11 bits per heavy atom. The van der Waals surface area contributed by atoms with Gasteiger partial charge in [-0.25, -0.2) is 4.98 Å². The highest BCUT2D eigenvalue weighted by Crippen LogP contribution is 2.39. The van der Waals surface area contributed by atoms with Gasteiger partial charge in [-0.2, -0.15) is 0 Å². The Morgan fingerprint density at radius 2 is 1.96 bits per heavy atom. The van der Waals surface area contributed by atoms with Crippen LogP contribution in [0.4, 0.5) is 0 Å². The predicted octanol–water partition coefficient (Wildman–Crippen LogP) is 4.36. The van der Waals surface area contributed by atoms with Gasteiger partial charge in [-0.1, -0.05) is 24.3 Å². The lowest BCUT2D eigenvalue weighted by molar-refractivity contribution is 0.478. The van der Waals surface area contributed by atoms with E-state index in [-0.39, 0.29) is 11.3 Å². The van der Waals surface area contributed by atoms with E-state index in [4.69, 9.17) is 0 Å². The molecule has 132 valence electrons. The van der Waals surface area contributed by atoms with Gasteiger partial charge in [0, 0.05) is 40.8 Å². The number of hydrogen-bond acceptors (Lipinski definition) is 4. The standard InChI is InChI=1S/C21H15N3O2S/c25-17-6-5-16-19(15-7-10-27-20(15)21(26)23-16)18(17)14-3-1-13(2-4-14)11-24-9-8-22-12-24/h1-10,12,25H,11H2,(H,23,26). The Balaban J connectivity index is 1.69. The molecule has 0 atom stereocenters. The molecule has 0 bridgehead atoms. The van der Waals surface area contributed by atoms with Crippen LogP contribution in [-0.2, 0) is 6.54 Å². The van der Waals surface area contributed by atoms with E-state index in [1.165, 1.54) is 11.3 Å². The molecule has 0 aliphatic heterocycles. The van der Waals surface area contributed by atoms with Crippen LogP contribution in [0, 0.1) is 0 Å². The quantitative estimate of drug-likeness (QED) is 0.494. The van der Waals surface area contributed by atoms with Gasteiger partial charge in [0.1, 0.15) is 10.4 Å². The van der Waals surface area contributed by atoms with E-state index in [0.717, 1.165) is 39.5 Å². The Labute approximate surface area is 158 Å². The minimum Gasteiger partial charge on any atom is -0.507 e. The molecule has 0 spiro atoms. The Hall–Kier alpha value is -3.38. The number of benzene rings is 2. The van der Waals surface area contributed by atoms with Crippen molar-refractivity contribution in [2.75, 3.05) is 0 Å². The second-order valence-electron chi connectivity index (χ2n) is 6.43. The molecule has 0 aliphatic rings. The molecule has 0 radical (unpaired) electrons. The summed E-state index contributed by atoms with van der Waals surface area (Å²) in [5, 5.41) is 14.2. The van der Waals surface area contributed by atoms with Crippen molar-refractivity contribution in [2.45, 2.75) is 6.54 Å². The molecule has 3 heterocycles. The van der Waals surface area contributed by atoms with Gasteiger partial charge in [-0.15, -0.1) is 11.3 Å². The summed E-state index contributed by atoms with van der Waals surface area (Å²) >= 11 is 1.41. The minimum absolute atomic E-state index is 0.0974. The van der Waals surface area contributed by atoms with Crippen LogP contribution >= 0.6 is 11.3 Å². The van der Waals surface area contributed by atoms with Gasteiger partial charge in [-0.05, 0) is 34.7 Å². The molecule has 0 saturated heterocycles. The van der Waals surface area contributed by atoms with Crippen LogP contribution in [0.1, 0.15) is 5.56 Å². The average molecular weight is 373 g/mol. The summed E-state index contributed by atoms with van der Waals surface area (Å²) in [7, 11) is 0. The monoisotopic (exact) mass is 373 g/mol. The highest BCUT2D eigenvalue weighted by Gasteiger charge is 2.15. The number of pyridine rings is 1. The van der Waals surface area contributed by atoms with Crippen LogP contribution in [-0.4, -0.2) is 19.6 Å². The number of aromatic amines is 1. The van der Waals surface area contributed by atoms with Crippen LogP contribution in [0.3, 0.4) is 0 Å². The van der Waals surface area contributed by atoms with Gasteiger partial charge in [0.2, 0.25) is 0 Å². The molecule has 3 aromatic heterocycles. The number of imidazole rings is 1. The first-order valence-electron chi connectivity index (χ1n) is 8.51. The number of H-pyrrole nitrogens is 1. The molecule has 5 nitrogen and oxygen atoms in total. The fourth-order valence-corrected chi connectivity index (χ4v) is 4.29. The lowest BCUT2D eigenvalue weighted by atomic mass is 9.96. The summed E-state index contributed by atoms with van der Waals surface area (Å²) in [6.45, 7) is 0.740. The SMILES string of the molecule is O=c1[nH]c2ccc(O)c(-c3ccc(Cn4ccnc4)cc3)c2c2ccsc12. The van der Waals surface area contributed by atoms with Crippen molar-refractivity contribution >= 4 is 32.3 Å². The molecule has 2 N–H and O–H groups in total. The number of nitrogens with zero attached hydrogens (tertiary/aromatic N) is 2. The van der Waals surface area contributed by atoms with Crippen LogP contribution in [0.15, 0.2) is 71.4 Å². The first-order chi connectivity index (χ1) is 13.2. The zero-order chi connectivity index (χ0) is 18.4. The molecule has 2 aromatic carbocycles. The first kappa shape index (κ1) is 15.8. The second-order valence-corrected chi connectivity index (χ2v) is 7.35. The Kier molecular flexibility index (Phi) is 3.58. The summed E-state index contributed by atoms with van der Waals surface area (Å²) in [4.78, 5) is 19.3. The number of hydrogen-bond donors (Lipinski definition) is 2. The van der Waals surface area contributed by atoms with E-state index >= 15 is 0 Å². The molecule has 5 aromatic rings. The first-order valence-corrected chi connectivity index (χ1v) is 9.39. The van der Waals surface area contributed by atoms with Crippen molar-refractivity contribution in [1.29, 1.82) is 0 Å². The minimum atomic E-state index is -0.0974. The molecule has 5 rings (SSSR count). The number of fused-ring (bicyclic) bond motifs is 3. The van der Waals surface area contributed by atoms with Crippen LogP contribution in [0.25, 0.3) is 32.1 Å². The topological polar surface area (TPSA) is 70.9 Å². The Morgan fingerprint density at radius 3 is 2.74 bits per heavy atom. The summed E-state index contributed by atoms with van der Waals surface area (Å²) in [6, 6.07) is 13.4. The largest absolute Gasteiger partial charge is 0.507 e. The van der Waals surface area contributed by atoms with Gasteiger partial charge < -0.3 is 14.7 Å². The van der Waals surface area contributed by atoms with Crippen molar-refractivity contribution in [3.63, 3.8) is 0 Å². The molecule has 0 amide bonds. The molecule has 0 fully saturated rings. The van der Waals surface area contributed by atoms with Crippen LogP contribution in [0.2, 0.25) is 0 Å². The fourth-order valence-electron chi connectivity index (χ4n) is 3.50. The Bertz CT molecular complexity index is 1320. The predicted molar refractivity (Wildman–Crippen MR) is 108 cm³/mol. The zero-order valence-corrected chi connectivity index (χ0v) is 15.0. The molecular weight excluding hydrogens is 358 g/mol. The van der Waals surface area contributed by atoms with E-state index in [1.54, 1.807) is 24.7 Å². The van der Waals surface area contributed by atoms with E-state index in [1.807, 2.05) is 46.5 Å². The second kappa shape index (κ2) is 6.10. The summed E-state index contributed by atoms with van der Waals surface area (Å²) in [5.41, 5.74) is 3.42. The third-order valence-corrected chi connectivity index (χ3v) is 5.65. The van der Waals surface area contributed by atoms with E-state index in [0.29, 0.717) is 4.70 Å². The average Bonchev–Trinajstić information content (AvgIpc) is 3.35. The number of phenolic OH excluding ortho intramolecular Hbond substituents is 1. The number of aromatic nitrogens is 3. The van der Waals surface area contributed by atoms with Crippen molar-refractivity contribution in [1.82, 2.24) is 14.5 Å². The number of nitrogens with one attached hydrogen (secondary N) is 1. The van der Waals surface area contributed by atoms with Crippen LogP contribution < -0.4 is 5.56 Å². The normalized spacial score (nSPS) is 11.4. The molecule has 0 aliphatic carbocycles. The van der Waals surface area contributed by atoms with Gasteiger partial charge in [0.05, 0.1) is 6.33 Å². The van der Waals surface area contributed by atoms with Crippen molar-refractivity contribution < 1.29 is 5.11 Å². The number of rotatable bonds is 3. The maximum Gasteiger partial charge on any atom is 0.266 e. The zero-order valence-electron chi connectivity index (χ0n) is 14.2. The van der Waals surface area contributed by atoms with Gasteiger partial charge >= 0.3 is 0 Å². The molecular formula is C21H15N3O2S. The van der Waals surface area contributed by atoms with E-state index in [2.05, 4.69) is 9.97 Å². The van der Waals surface area contributed by atoms with Gasteiger partial charge in [-0.3, -0.25) is 4.79 Å². The molecule has 0 unspecified atom stereocenters. The molecule has 27 heavy (non-hydrogen) atoms. The lowest BCUT2D eigenvalue weighted by Gasteiger charge is -2.11. The highest BCUT2D eigenvalue weighted by molar-refractivity contribution is 7.17. The van der Waals surface area contributed by atoms with Gasteiger partial charge in [0.25, 0.3) is 5.56 Å². The summed E-state index contributed by atoms with van der Waals surface area (Å²) in [6.07, 6.45) is 5.47. The van der Waals surface area contributed by atoms with Crippen LogP contribution in [0.5, 0.6) is 5.75 Å².